The van der Waals surface area contributed by atoms with Crippen molar-refractivity contribution in [2.24, 2.45) is 0 Å². The molecule has 1 aliphatic rings. The highest BCUT2D eigenvalue weighted by molar-refractivity contribution is 5.79. The largest absolute Gasteiger partial charge is 0.348 e. The number of hydrogen-bond donors (Lipinski definition) is 2. The number of amides is 1. The molecular formula is C17H22N4O. The number of H-pyrrole nitrogens is 1. The molecule has 1 aliphatic heterocycles. The fourth-order valence-electron chi connectivity index (χ4n) is 2.84. The Morgan fingerprint density at radius 1 is 1.36 bits per heavy atom. The van der Waals surface area contributed by atoms with Gasteiger partial charge in [-0.15, -0.1) is 0 Å². The molecule has 1 aromatic heterocycles. The molecule has 1 atom stereocenters. The smallest absolute Gasteiger partial charge is 0.224 e. The molecule has 1 aromatic carbocycles. The molecule has 0 saturated carbocycles. The summed E-state index contributed by atoms with van der Waals surface area (Å²) in [4.78, 5) is 21.4. The van der Waals surface area contributed by atoms with Crippen molar-refractivity contribution >= 4 is 5.91 Å². The minimum Gasteiger partial charge on any atom is -0.348 e. The Kier molecular flexibility index (Phi) is 4.53. The molecule has 0 bridgehead atoms. The van der Waals surface area contributed by atoms with Crippen molar-refractivity contribution < 1.29 is 4.79 Å². The third kappa shape index (κ3) is 3.54. The van der Waals surface area contributed by atoms with Gasteiger partial charge in [0.2, 0.25) is 5.91 Å². The number of rotatable bonds is 6. The predicted molar refractivity (Wildman–Crippen MR) is 85.3 cm³/mol. The maximum absolute atomic E-state index is 12.1. The van der Waals surface area contributed by atoms with Gasteiger partial charge in [-0.1, -0.05) is 30.3 Å². The number of aryl methyl sites for hydroxylation is 1. The molecule has 22 heavy (non-hydrogen) atoms. The minimum absolute atomic E-state index is 0.222. The average Bonchev–Trinajstić information content (AvgIpc) is 3.10. The maximum Gasteiger partial charge on any atom is 0.224 e. The van der Waals surface area contributed by atoms with Crippen molar-refractivity contribution in [2.75, 3.05) is 13.1 Å². The van der Waals surface area contributed by atoms with E-state index in [0.717, 1.165) is 30.9 Å². The second-order valence-electron chi connectivity index (χ2n) is 5.83. The van der Waals surface area contributed by atoms with Crippen molar-refractivity contribution in [1.82, 2.24) is 20.2 Å². The summed E-state index contributed by atoms with van der Waals surface area (Å²) in [5.41, 5.74) is 3.38. The number of aromatic nitrogens is 2. The first kappa shape index (κ1) is 14.8. The Balaban J connectivity index is 1.47. The van der Waals surface area contributed by atoms with Gasteiger partial charge < -0.3 is 15.2 Å². The third-order valence-corrected chi connectivity index (χ3v) is 4.22. The summed E-state index contributed by atoms with van der Waals surface area (Å²) in [5.74, 6) is 0.243. The zero-order valence-electron chi connectivity index (χ0n) is 12.9. The summed E-state index contributed by atoms with van der Waals surface area (Å²) in [7, 11) is 0. The molecule has 2 N–H and O–H groups in total. The van der Waals surface area contributed by atoms with E-state index < -0.39 is 0 Å². The van der Waals surface area contributed by atoms with Crippen LogP contribution in [0.1, 0.15) is 23.4 Å². The van der Waals surface area contributed by atoms with Crippen LogP contribution in [0.15, 0.2) is 36.7 Å². The highest BCUT2D eigenvalue weighted by Gasteiger charge is 2.28. The van der Waals surface area contributed by atoms with Crippen LogP contribution in [-0.4, -0.2) is 39.9 Å². The number of nitrogens with zero attached hydrogens (tertiary/aromatic N) is 2. The van der Waals surface area contributed by atoms with Crippen LogP contribution < -0.4 is 5.32 Å². The van der Waals surface area contributed by atoms with Crippen LogP contribution >= 0.6 is 0 Å². The van der Waals surface area contributed by atoms with E-state index in [1.165, 1.54) is 5.56 Å². The SMILES string of the molecule is Cc1[nH]cnc1CN[C@@H]1CC(=O)N(CCc2ccccc2)C1. The van der Waals surface area contributed by atoms with Gasteiger partial charge >= 0.3 is 0 Å². The topological polar surface area (TPSA) is 61.0 Å². The molecular weight excluding hydrogens is 276 g/mol. The van der Waals surface area contributed by atoms with E-state index in [-0.39, 0.29) is 11.9 Å². The van der Waals surface area contributed by atoms with Crippen molar-refractivity contribution in [3.05, 3.63) is 53.6 Å². The predicted octanol–water partition coefficient (Wildman–Crippen LogP) is 1.65. The summed E-state index contributed by atoms with van der Waals surface area (Å²) >= 11 is 0. The molecule has 1 saturated heterocycles. The standard InChI is InChI=1S/C17H22N4O/c1-13-16(20-12-19-13)10-18-15-9-17(22)21(11-15)8-7-14-5-3-2-4-6-14/h2-6,12,15,18H,7-11H2,1H3,(H,19,20)/t15-/m1/s1. The van der Waals surface area contributed by atoms with E-state index in [1.807, 2.05) is 30.0 Å². The number of nitrogens with one attached hydrogen (secondary N) is 2. The molecule has 5 heteroatoms. The quantitative estimate of drug-likeness (QED) is 0.852. The van der Waals surface area contributed by atoms with Crippen LogP contribution in [0.5, 0.6) is 0 Å². The summed E-state index contributed by atoms with van der Waals surface area (Å²) < 4.78 is 0. The number of benzene rings is 1. The first-order valence-corrected chi connectivity index (χ1v) is 7.76. The van der Waals surface area contributed by atoms with Gasteiger partial charge in [-0.25, -0.2) is 4.98 Å². The van der Waals surface area contributed by atoms with Gasteiger partial charge in [0.1, 0.15) is 0 Å². The first-order valence-electron chi connectivity index (χ1n) is 7.76. The fourth-order valence-corrected chi connectivity index (χ4v) is 2.84. The molecule has 0 unspecified atom stereocenters. The number of likely N-dealkylation sites (tertiary alicyclic amines) is 1. The molecule has 116 valence electrons. The van der Waals surface area contributed by atoms with Gasteiger partial charge in [0.15, 0.2) is 0 Å². The number of carbonyl (C=O) groups is 1. The van der Waals surface area contributed by atoms with Crippen molar-refractivity contribution in [2.45, 2.75) is 32.4 Å². The number of hydrogen-bond acceptors (Lipinski definition) is 3. The number of carbonyl (C=O) groups excluding carboxylic acids is 1. The van der Waals surface area contributed by atoms with Gasteiger partial charge in [0.25, 0.3) is 0 Å². The van der Waals surface area contributed by atoms with E-state index in [9.17, 15) is 4.79 Å². The third-order valence-electron chi connectivity index (χ3n) is 4.22. The van der Waals surface area contributed by atoms with Crippen LogP contribution in [0.3, 0.4) is 0 Å². The number of aromatic amines is 1. The molecule has 0 radical (unpaired) electrons. The molecule has 2 heterocycles. The van der Waals surface area contributed by atoms with Crippen LogP contribution in [0.2, 0.25) is 0 Å². The monoisotopic (exact) mass is 298 g/mol. The normalized spacial score (nSPS) is 18.1. The minimum atomic E-state index is 0.222. The summed E-state index contributed by atoms with van der Waals surface area (Å²) in [6.07, 6.45) is 3.20. The van der Waals surface area contributed by atoms with Crippen molar-refractivity contribution in [3.8, 4) is 0 Å². The molecule has 1 fully saturated rings. The Bertz CT molecular complexity index is 623. The lowest BCUT2D eigenvalue weighted by Crippen LogP contribution is -2.33. The van der Waals surface area contributed by atoms with Crippen molar-refractivity contribution in [3.63, 3.8) is 0 Å². The average molecular weight is 298 g/mol. The van der Waals surface area contributed by atoms with E-state index in [4.69, 9.17) is 0 Å². The van der Waals surface area contributed by atoms with Gasteiger partial charge in [0, 0.05) is 37.8 Å². The molecule has 0 aliphatic carbocycles. The molecule has 1 amide bonds. The second-order valence-corrected chi connectivity index (χ2v) is 5.83. The Morgan fingerprint density at radius 2 is 2.18 bits per heavy atom. The van der Waals surface area contributed by atoms with Crippen LogP contribution in [0.25, 0.3) is 0 Å². The van der Waals surface area contributed by atoms with Gasteiger partial charge in [-0.2, -0.15) is 0 Å². The fraction of sp³-hybridized carbons (Fsp3) is 0.412. The van der Waals surface area contributed by atoms with E-state index in [1.54, 1.807) is 6.33 Å². The zero-order valence-corrected chi connectivity index (χ0v) is 12.9. The van der Waals surface area contributed by atoms with Crippen LogP contribution in [-0.2, 0) is 17.8 Å². The molecule has 3 rings (SSSR count). The summed E-state index contributed by atoms with van der Waals surface area (Å²) in [5, 5.41) is 3.44. The summed E-state index contributed by atoms with van der Waals surface area (Å²) in [6, 6.07) is 10.5. The van der Waals surface area contributed by atoms with Gasteiger partial charge in [-0.05, 0) is 18.9 Å². The van der Waals surface area contributed by atoms with Crippen LogP contribution in [0, 0.1) is 6.92 Å². The van der Waals surface area contributed by atoms with E-state index in [2.05, 4.69) is 27.4 Å². The Morgan fingerprint density at radius 3 is 2.91 bits per heavy atom. The van der Waals surface area contributed by atoms with E-state index in [0.29, 0.717) is 13.0 Å². The summed E-state index contributed by atoms with van der Waals surface area (Å²) in [6.45, 7) is 4.30. The molecule has 5 nitrogen and oxygen atoms in total. The zero-order chi connectivity index (χ0) is 15.4. The Hall–Kier alpha value is -2.14. The number of imidazole rings is 1. The lowest BCUT2D eigenvalue weighted by molar-refractivity contribution is -0.127. The second kappa shape index (κ2) is 6.75. The first-order chi connectivity index (χ1) is 10.7. The highest BCUT2D eigenvalue weighted by Crippen LogP contribution is 2.13. The molecule has 2 aromatic rings. The van der Waals surface area contributed by atoms with Gasteiger partial charge in [0.05, 0.1) is 12.0 Å². The molecule has 0 spiro atoms. The maximum atomic E-state index is 12.1. The van der Waals surface area contributed by atoms with Gasteiger partial charge in [-0.3, -0.25) is 4.79 Å². The van der Waals surface area contributed by atoms with Crippen molar-refractivity contribution in [1.29, 1.82) is 0 Å². The lowest BCUT2D eigenvalue weighted by Gasteiger charge is -2.17. The van der Waals surface area contributed by atoms with E-state index >= 15 is 0 Å². The van der Waals surface area contributed by atoms with Crippen LogP contribution in [0.4, 0.5) is 0 Å². The highest BCUT2D eigenvalue weighted by atomic mass is 16.2. The lowest BCUT2D eigenvalue weighted by atomic mass is 10.1. The Labute approximate surface area is 130 Å².